The van der Waals surface area contributed by atoms with E-state index in [0.29, 0.717) is 18.8 Å². The molecule has 0 bridgehead atoms. The Hall–Kier alpha value is -2.70. The summed E-state index contributed by atoms with van der Waals surface area (Å²) >= 11 is 0. The lowest BCUT2D eigenvalue weighted by Gasteiger charge is -2.34. The third kappa shape index (κ3) is 3.30. The zero-order valence-electron chi connectivity index (χ0n) is 16.4. The molecule has 2 atom stereocenters. The molecular weight excluding hydrogens is 358 g/mol. The molecule has 3 N–H and O–H groups in total. The number of H-pyrrole nitrogens is 1. The summed E-state index contributed by atoms with van der Waals surface area (Å²) in [6, 6.07) is 3.72. The number of benzene rings is 1. The number of ether oxygens (including phenoxy) is 2. The summed E-state index contributed by atoms with van der Waals surface area (Å²) < 4.78 is 11.8. The third-order valence-electron chi connectivity index (χ3n) is 5.59. The van der Waals surface area contributed by atoms with E-state index < -0.39 is 0 Å². The van der Waals surface area contributed by atoms with Crippen LogP contribution in [-0.2, 0) is 11.2 Å². The van der Waals surface area contributed by atoms with Crippen molar-refractivity contribution < 1.29 is 19.1 Å². The monoisotopic (exact) mass is 385 g/mol. The Morgan fingerprint density at radius 2 is 2.18 bits per heavy atom. The normalized spacial score (nSPS) is 21.4. The maximum absolute atomic E-state index is 13.3. The molecule has 2 aliphatic rings. The minimum Gasteiger partial charge on any atom is -0.493 e. The fourth-order valence-corrected chi connectivity index (χ4v) is 4.39. The molecule has 7 heteroatoms. The van der Waals surface area contributed by atoms with Crippen molar-refractivity contribution in [2.75, 3.05) is 13.2 Å². The second-order valence-electron chi connectivity index (χ2n) is 7.72. The Bertz CT molecular complexity index is 920. The molecule has 1 saturated heterocycles. The van der Waals surface area contributed by atoms with Gasteiger partial charge in [-0.15, -0.1) is 0 Å². The molecule has 7 nitrogen and oxygen atoms in total. The van der Waals surface area contributed by atoms with E-state index in [1.807, 2.05) is 26.0 Å². The topological polar surface area (TPSA) is 97.7 Å². The first-order chi connectivity index (χ1) is 13.5. The molecule has 2 amide bonds. The van der Waals surface area contributed by atoms with Gasteiger partial charge in [-0.05, 0) is 45.2 Å². The van der Waals surface area contributed by atoms with Crippen molar-refractivity contribution in [3.8, 4) is 11.5 Å². The molecule has 0 unspecified atom stereocenters. The quantitative estimate of drug-likeness (QED) is 0.827. The summed E-state index contributed by atoms with van der Waals surface area (Å²) in [6.45, 7) is 5.16. The number of aromatic nitrogens is 1. The zero-order chi connectivity index (χ0) is 19.8. The van der Waals surface area contributed by atoms with Gasteiger partial charge in [0.25, 0.3) is 5.91 Å². The van der Waals surface area contributed by atoms with Crippen LogP contribution in [0.3, 0.4) is 0 Å². The molecule has 1 aromatic carbocycles. The van der Waals surface area contributed by atoms with E-state index in [4.69, 9.17) is 15.2 Å². The van der Waals surface area contributed by atoms with E-state index in [1.54, 1.807) is 4.90 Å². The second-order valence-corrected chi connectivity index (χ2v) is 7.72. The highest BCUT2D eigenvalue weighted by atomic mass is 16.5. The molecule has 0 spiro atoms. The Labute approximate surface area is 164 Å². The minimum absolute atomic E-state index is 0.0968. The van der Waals surface area contributed by atoms with E-state index in [0.717, 1.165) is 53.6 Å². The Balaban J connectivity index is 1.72. The van der Waals surface area contributed by atoms with Crippen LogP contribution in [-0.4, -0.2) is 47.0 Å². The van der Waals surface area contributed by atoms with Crippen LogP contribution < -0.4 is 15.2 Å². The number of carbonyl (C=O) groups excluding carboxylic acids is 2. The summed E-state index contributed by atoms with van der Waals surface area (Å²) in [5, 5.41) is 0.849. The summed E-state index contributed by atoms with van der Waals surface area (Å²) in [5.74, 6) is 1.08. The predicted molar refractivity (Wildman–Crippen MR) is 106 cm³/mol. The third-order valence-corrected chi connectivity index (χ3v) is 5.59. The van der Waals surface area contributed by atoms with Gasteiger partial charge in [-0.2, -0.15) is 0 Å². The fourth-order valence-electron chi connectivity index (χ4n) is 4.39. The van der Waals surface area contributed by atoms with E-state index in [1.165, 1.54) is 0 Å². The highest BCUT2D eigenvalue weighted by molar-refractivity contribution is 6.02. The fraction of sp³-hybridized carbons (Fsp3) is 0.524. The van der Waals surface area contributed by atoms with Crippen LogP contribution in [0.2, 0.25) is 0 Å². The first-order valence-electron chi connectivity index (χ1n) is 10.0. The van der Waals surface area contributed by atoms with Crippen LogP contribution >= 0.6 is 0 Å². The number of nitrogens with one attached hydrogen (secondary N) is 1. The van der Waals surface area contributed by atoms with Gasteiger partial charge < -0.3 is 25.1 Å². The molecule has 28 heavy (non-hydrogen) atoms. The number of aromatic amines is 1. The van der Waals surface area contributed by atoms with Gasteiger partial charge in [0.05, 0.1) is 12.1 Å². The number of hydrogen-bond acceptors (Lipinski definition) is 4. The van der Waals surface area contributed by atoms with Crippen molar-refractivity contribution in [1.29, 1.82) is 0 Å². The lowest BCUT2D eigenvalue weighted by molar-refractivity contribution is -0.119. The second kappa shape index (κ2) is 7.37. The van der Waals surface area contributed by atoms with Gasteiger partial charge in [0, 0.05) is 36.4 Å². The van der Waals surface area contributed by atoms with Gasteiger partial charge in [-0.3, -0.25) is 9.59 Å². The van der Waals surface area contributed by atoms with Gasteiger partial charge in [0.15, 0.2) is 0 Å². The lowest BCUT2D eigenvalue weighted by Crippen LogP contribution is -2.45. The van der Waals surface area contributed by atoms with Crippen molar-refractivity contribution in [2.24, 2.45) is 5.73 Å². The van der Waals surface area contributed by atoms with Gasteiger partial charge in [0.2, 0.25) is 5.91 Å². The number of rotatable bonds is 5. The van der Waals surface area contributed by atoms with E-state index in [2.05, 4.69) is 4.98 Å². The van der Waals surface area contributed by atoms with Crippen molar-refractivity contribution in [3.05, 3.63) is 23.4 Å². The number of fused-ring (bicyclic) bond motifs is 3. The number of amides is 2. The first kappa shape index (κ1) is 18.7. The standard InChI is InChI=1S/C21H27N3O4/c1-3-27-17-9-13-8-12(2)28-20(13)19-15(17)11-16(23-19)21(26)24-7-5-4-6-14(24)10-18(22)25/h9,11-12,14,23H,3-8,10H2,1-2H3,(H2,22,25)/t12-,14+/m0/s1. The van der Waals surface area contributed by atoms with Gasteiger partial charge >= 0.3 is 0 Å². The van der Waals surface area contributed by atoms with E-state index in [9.17, 15) is 9.59 Å². The molecule has 2 aliphatic heterocycles. The summed E-state index contributed by atoms with van der Waals surface area (Å²) in [4.78, 5) is 29.7. The molecular formula is C21H27N3O4. The van der Waals surface area contributed by atoms with Crippen molar-refractivity contribution in [3.63, 3.8) is 0 Å². The van der Waals surface area contributed by atoms with E-state index >= 15 is 0 Å². The average Bonchev–Trinajstić information content (AvgIpc) is 3.24. The largest absolute Gasteiger partial charge is 0.493 e. The molecule has 4 rings (SSSR count). The highest BCUT2D eigenvalue weighted by Gasteiger charge is 2.31. The molecule has 2 aromatic rings. The Kier molecular flexibility index (Phi) is 4.91. The summed E-state index contributed by atoms with van der Waals surface area (Å²) in [5.41, 5.74) is 7.78. The number of likely N-dealkylation sites (tertiary alicyclic amines) is 1. The van der Waals surface area contributed by atoms with Crippen LogP contribution in [0.4, 0.5) is 0 Å². The van der Waals surface area contributed by atoms with Crippen LogP contribution in [0, 0.1) is 0 Å². The minimum atomic E-state index is -0.375. The van der Waals surface area contributed by atoms with Crippen LogP contribution in [0.1, 0.15) is 55.6 Å². The average molecular weight is 385 g/mol. The molecule has 150 valence electrons. The SMILES string of the molecule is CCOc1cc2c(c3[nH]c(C(=O)N4CCCC[C@@H]4CC(N)=O)cc13)O[C@@H](C)C2. The van der Waals surface area contributed by atoms with Crippen molar-refractivity contribution in [1.82, 2.24) is 9.88 Å². The number of nitrogens with zero attached hydrogens (tertiary/aromatic N) is 1. The first-order valence-corrected chi connectivity index (χ1v) is 10.0. The van der Waals surface area contributed by atoms with Crippen molar-refractivity contribution >= 4 is 22.7 Å². The van der Waals surface area contributed by atoms with Crippen LogP contribution in [0.25, 0.3) is 10.9 Å². The number of piperidine rings is 1. The van der Waals surface area contributed by atoms with Crippen molar-refractivity contribution in [2.45, 2.75) is 58.1 Å². The van der Waals surface area contributed by atoms with Crippen LogP contribution in [0.15, 0.2) is 12.1 Å². The maximum atomic E-state index is 13.3. The van der Waals surface area contributed by atoms with Gasteiger partial charge in [0.1, 0.15) is 23.3 Å². The molecule has 3 heterocycles. The van der Waals surface area contributed by atoms with Crippen LogP contribution in [0.5, 0.6) is 11.5 Å². The molecule has 1 aromatic heterocycles. The molecule has 1 fully saturated rings. The highest BCUT2D eigenvalue weighted by Crippen LogP contribution is 2.41. The Morgan fingerprint density at radius 1 is 1.36 bits per heavy atom. The summed E-state index contributed by atoms with van der Waals surface area (Å²) in [7, 11) is 0. The number of hydrogen-bond donors (Lipinski definition) is 2. The number of primary amides is 1. The molecule has 0 radical (unpaired) electrons. The van der Waals surface area contributed by atoms with Gasteiger partial charge in [-0.25, -0.2) is 0 Å². The predicted octanol–water partition coefficient (Wildman–Crippen LogP) is 2.76. The summed E-state index contributed by atoms with van der Waals surface area (Å²) in [6.07, 6.45) is 3.85. The van der Waals surface area contributed by atoms with E-state index in [-0.39, 0.29) is 30.4 Å². The lowest BCUT2D eigenvalue weighted by atomic mass is 9.98. The smallest absolute Gasteiger partial charge is 0.270 e. The number of carbonyl (C=O) groups is 2. The zero-order valence-corrected chi connectivity index (χ0v) is 16.4. The van der Waals surface area contributed by atoms with Gasteiger partial charge in [-0.1, -0.05) is 0 Å². The number of nitrogens with two attached hydrogens (primary N) is 1. The maximum Gasteiger partial charge on any atom is 0.270 e. The Morgan fingerprint density at radius 3 is 2.93 bits per heavy atom. The molecule has 0 saturated carbocycles. The molecule has 0 aliphatic carbocycles.